The molecule has 0 saturated carbocycles. The predicted molar refractivity (Wildman–Crippen MR) is 138 cm³/mol. The zero-order chi connectivity index (χ0) is 25.7. The van der Waals surface area contributed by atoms with Gasteiger partial charge in [-0.25, -0.2) is 15.6 Å². The Kier molecular flexibility index (Phi) is 7.81. The summed E-state index contributed by atoms with van der Waals surface area (Å²) in [6.45, 7) is 4.62. The minimum absolute atomic E-state index is 0.120. The normalized spacial score (nSPS) is 20.4. The summed E-state index contributed by atoms with van der Waals surface area (Å²) in [6, 6.07) is 16.1. The number of nitrogens with one attached hydrogen (secondary N) is 1. The fourth-order valence-electron chi connectivity index (χ4n) is 3.96. The molecule has 2 aromatic rings. The molecule has 1 saturated heterocycles. The van der Waals surface area contributed by atoms with E-state index in [1.807, 2.05) is 30.4 Å². The predicted octanol–water partition coefficient (Wildman–Crippen LogP) is 3.98. The lowest BCUT2D eigenvalue weighted by Crippen LogP contribution is -2.42. The van der Waals surface area contributed by atoms with Gasteiger partial charge in [-0.05, 0) is 67.4 Å². The molecule has 2 amide bonds. The maximum Gasteiger partial charge on any atom is 0.338 e. The van der Waals surface area contributed by atoms with E-state index >= 15 is 0 Å². The average Bonchev–Trinajstić information content (AvgIpc) is 3.09. The third kappa shape index (κ3) is 5.80. The van der Waals surface area contributed by atoms with Crippen LogP contribution in [0.25, 0.3) is 0 Å². The highest BCUT2D eigenvalue weighted by molar-refractivity contribution is 8.16. The first-order chi connectivity index (χ1) is 17.3. The molecule has 9 heteroatoms. The Balaban J connectivity index is 1.43. The first kappa shape index (κ1) is 25.5. The average molecular weight is 508 g/mol. The number of esters is 1. The highest BCUT2D eigenvalue weighted by Crippen LogP contribution is 2.38. The molecule has 2 unspecified atom stereocenters. The molecule has 2 atom stereocenters. The summed E-state index contributed by atoms with van der Waals surface area (Å²) in [6.07, 6.45) is 4.64. The molecule has 2 aromatic carbocycles. The summed E-state index contributed by atoms with van der Waals surface area (Å²) in [5.41, 5.74) is 3.37. The van der Waals surface area contributed by atoms with Crippen LogP contribution in [0.5, 0.6) is 5.75 Å². The van der Waals surface area contributed by atoms with Gasteiger partial charge in [-0.1, -0.05) is 48.9 Å². The highest BCUT2D eigenvalue weighted by atomic mass is 32.2. The lowest BCUT2D eigenvalue weighted by atomic mass is 9.99. The van der Waals surface area contributed by atoms with Gasteiger partial charge in [-0.3, -0.25) is 9.59 Å². The number of hydrazine groups is 1. The number of benzene rings is 2. The standard InChI is InChI=1S/C27H29N3O5S/c1-3-18-11-14-22(29-16-18)23(35-24(31)20-7-5-4-6-8-20)17-34-21-12-9-19(10-13-21)15-27(2)25(32)30(28)26(33)36-27/h4-14,23,29H,3,15-17,28H2,1-2H3. The number of hydrogen-bond acceptors (Lipinski definition) is 8. The molecule has 36 heavy (non-hydrogen) atoms. The topological polar surface area (TPSA) is 111 Å². The van der Waals surface area contributed by atoms with E-state index in [1.54, 1.807) is 43.3 Å². The quantitative estimate of drug-likeness (QED) is 0.298. The smallest absolute Gasteiger partial charge is 0.338 e. The van der Waals surface area contributed by atoms with Gasteiger partial charge in [0.15, 0.2) is 6.10 Å². The molecule has 2 aliphatic heterocycles. The number of carbonyl (C=O) groups excluding carboxylic acids is 3. The van der Waals surface area contributed by atoms with E-state index in [-0.39, 0.29) is 6.61 Å². The van der Waals surface area contributed by atoms with Gasteiger partial charge in [0.2, 0.25) is 0 Å². The first-order valence-electron chi connectivity index (χ1n) is 11.7. The van der Waals surface area contributed by atoms with Gasteiger partial charge in [0, 0.05) is 6.54 Å². The molecule has 0 aromatic heterocycles. The van der Waals surface area contributed by atoms with E-state index < -0.39 is 28.0 Å². The van der Waals surface area contributed by atoms with Crippen molar-refractivity contribution in [2.45, 2.75) is 37.5 Å². The van der Waals surface area contributed by atoms with Crippen molar-refractivity contribution in [3.05, 3.63) is 89.1 Å². The van der Waals surface area contributed by atoms with Crippen LogP contribution in [0, 0.1) is 0 Å². The highest BCUT2D eigenvalue weighted by Gasteiger charge is 2.48. The van der Waals surface area contributed by atoms with E-state index in [0.29, 0.717) is 29.3 Å². The molecule has 0 spiro atoms. The number of nitrogens with two attached hydrogens (primary N) is 1. The van der Waals surface area contributed by atoms with Crippen LogP contribution in [-0.4, -0.2) is 46.1 Å². The zero-order valence-corrected chi connectivity index (χ0v) is 21.0. The number of allylic oxidation sites excluding steroid dienone is 2. The number of amides is 2. The number of carbonyl (C=O) groups is 3. The lowest BCUT2D eigenvalue weighted by molar-refractivity contribution is -0.129. The molecule has 2 heterocycles. The number of nitrogens with zero attached hydrogens (tertiary/aromatic N) is 1. The van der Waals surface area contributed by atoms with Crippen LogP contribution < -0.4 is 15.9 Å². The largest absolute Gasteiger partial charge is 0.489 e. The molecular weight excluding hydrogens is 478 g/mol. The van der Waals surface area contributed by atoms with Crippen molar-refractivity contribution in [2.75, 3.05) is 13.2 Å². The number of imide groups is 1. The molecule has 8 nitrogen and oxygen atoms in total. The fraction of sp³-hybridized carbons (Fsp3) is 0.296. The Morgan fingerprint density at radius 1 is 1.14 bits per heavy atom. The van der Waals surface area contributed by atoms with E-state index in [1.165, 1.54) is 5.57 Å². The van der Waals surface area contributed by atoms with Crippen molar-refractivity contribution in [3.8, 4) is 5.75 Å². The van der Waals surface area contributed by atoms with Crippen LogP contribution in [0.1, 0.15) is 36.2 Å². The van der Waals surface area contributed by atoms with E-state index in [2.05, 4.69) is 12.2 Å². The first-order valence-corrected chi connectivity index (χ1v) is 12.5. The Hall–Kier alpha value is -3.56. The summed E-state index contributed by atoms with van der Waals surface area (Å²) < 4.78 is 10.9. The fourth-order valence-corrected chi connectivity index (χ4v) is 4.95. The van der Waals surface area contributed by atoms with Gasteiger partial charge in [-0.2, -0.15) is 0 Å². The van der Waals surface area contributed by atoms with Crippen molar-refractivity contribution < 1.29 is 23.9 Å². The summed E-state index contributed by atoms with van der Waals surface area (Å²) in [4.78, 5) is 36.9. The van der Waals surface area contributed by atoms with Gasteiger partial charge in [0.1, 0.15) is 17.1 Å². The Morgan fingerprint density at radius 2 is 1.86 bits per heavy atom. The van der Waals surface area contributed by atoms with Gasteiger partial charge in [-0.15, -0.1) is 0 Å². The minimum atomic E-state index is -0.936. The van der Waals surface area contributed by atoms with Gasteiger partial charge in [0.05, 0.1) is 11.3 Å². The SMILES string of the molecule is CCC1=CC=C(C(COc2ccc(CC3(C)SC(=O)N(N)C3=O)cc2)OC(=O)c2ccccc2)NC1. The van der Waals surface area contributed by atoms with E-state index in [4.69, 9.17) is 15.3 Å². The molecule has 0 aliphatic carbocycles. The molecule has 3 N–H and O–H groups in total. The van der Waals surface area contributed by atoms with E-state index in [0.717, 1.165) is 29.4 Å². The summed E-state index contributed by atoms with van der Waals surface area (Å²) in [5, 5.41) is 3.56. The van der Waals surface area contributed by atoms with Crippen LogP contribution in [0.2, 0.25) is 0 Å². The van der Waals surface area contributed by atoms with Crippen LogP contribution >= 0.6 is 11.8 Å². The van der Waals surface area contributed by atoms with Gasteiger partial charge >= 0.3 is 11.2 Å². The van der Waals surface area contributed by atoms with Crippen molar-refractivity contribution in [2.24, 2.45) is 5.84 Å². The minimum Gasteiger partial charge on any atom is -0.489 e. The summed E-state index contributed by atoms with van der Waals surface area (Å²) >= 11 is 0.933. The van der Waals surface area contributed by atoms with Crippen molar-refractivity contribution in [1.29, 1.82) is 0 Å². The van der Waals surface area contributed by atoms with Crippen molar-refractivity contribution in [3.63, 3.8) is 0 Å². The summed E-state index contributed by atoms with van der Waals surface area (Å²) in [7, 11) is 0. The van der Waals surface area contributed by atoms with Crippen LogP contribution in [0.15, 0.2) is 78.0 Å². The zero-order valence-electron chi connectivity index (χ0n) is 20.2. The molecule has 1 fully saturated rings. The Bertz CT molecular complexity index is 1200. The second kappa shape index (κ2) is 11.0. The molecular formula is C27H29N3O5S. The maximum atomic E-state index is 12.7. The van der Waals surface area contributed by atoms with Crippen molar-refractivity contribution in [1.82, 2.24) is 10.3 Å². The van der Waals surface area contributed by atoms with Gasteiger partial charge in [0.25, 0.3) is 5.91 Å². The Labute approximate surface area is 214 Å². The second-order valence-corrected chi connectivity index (χ2v) is 10.3. The number of rotatable bonds is 9. The van der Waals surface area contributed by atoms with Gasteiger partial charge < -0.3 is 14.8 Å². The molecule has 0 radical (unpaired) electrons. The summed E-state index contributed by atoms with van der Waals surface area (Å²) in [5.74, 6) is 5.29. The van der Waals surface area contributed by atoms with Crippen LogP contribution in [0.4, 0.5) is 4.79 Å². The number of dihydropyridines is 1. The Morgan fingerprint density at radius 3 is 2.44 bits per heavy atom. The van der Waals surface area contributed by atoms with Crippen molar-refractivity contribution >= 4 is 28.9 Å². The lowest BCUT2D eigenvalue weighted by Gasteiger charge is -2.25. The molecule has 2 aliphatic rings. The third-order valence-corrected chi connectivity index (χ3v) is 7.27. The number of ether oxygens (including phenoxy) is 2. The molecule has 4 rings (SSSR count). The monoisotopic (exact) mass is 507 g/mol. The second-order valence-electron chi connectivity index (χ2n) is 8.82. The number of hydrogen-bond donors (Lipinski definition) is 2. The van der Waals surface area contributed by atoms with E-state index in [9.17, 15) is 14.4 Å². The third-order valence-electron chi connectivity index (χ3n) is 6.12. The molecule has 188 valence electrons. The number of thioether (sulfide) groups is 1. The maximum absolute atomic E-state index is 12.7. The van der Waals surface area contributed by atoms with Crippen LogP contribution in [-0.2, 0) is 16.0 Å². The molecule has 0 bridgehead atoms. The van der Waals surface area contributed by atoms with Crippen LogP contribution in [0.3, 0.4) is 0 Å².